The highest BCUT2D eigenvalue weighted by atomic mass is 32.2. The van der Waals surface area contributed by atoms with Gasteiger partial charge in [-0.05, 0) is 90.9 Å². The Kier molecular flexibility index (Phi) is 13.0. The zero-order valence-electron chi connectivity index (χ0n) is 24.6. The standard InChI is InChI=1S/C29H49N3O4S/c1-11-13-20(3)30-25(33)24(22-16-14-21(12-2)15-17-22)32(28(4,5)6)26(34)23(18-19-37-10)31-27(35)36-29(7,8)9/h14-17,20,23-24H,11-13,18-19H2,1-10H3,(H,30,33)(H,31,35). The van der Waals surface area contributed by atoms with Gasteiger partial charge >= 0.3 is 6.09 Å². The fourth-order valence-corrected chi connectivity index (χ4v) is 4.61. The second-order valence-electron chi connectivity index (χ2n) is 11.6. The van der Waals surface area contributed by atoms with E-state index >= 15 is 0 Å². The van der Waals surface area contributed by atoms with Crippen LogP contribution in [-0.4, -0.2) is 58.0 Å². The molecule has 1 rings (SSSR count). The first-order chi connectivity index (χ1) is 17.1. The number of alkyl carbamates (subject to hydrolysis) is 1. The molecule has 0 spiro atoms. The summed E-state index contributed by atoms with van der Waals surface area (Å²) in [6.45, 7) is 17.2. The predicted octanol–water partition coefficient (Wildman–Crippen LogP) is 5.87. The molecule has 2 N–H and O–H groups in total. The topological polar surface area (TPSA) is 87.7 Å². The van der Waals surface area contributed by atoms with Crippen molar-refractivity contribution in [1.82, 2.24) is 15.5 Å². The van der Waals surface area contributed by atoms with Gasteiger partial charge in [0.2, 0.25) is 11.8 Å². The molecule has 3 atom stereocenters. The fraction of sp³-hybridized carbons (Fsp3) is 0.690. The largest absolute Gasteiger partial charge is 0.444 e. The summed E-state index contributed by atoms with van der Waals surface area (Å²) in [7, 11) is 0. The Labute approximate surface area is 228 Å². The van der Waals surface area contributed by atoms with E-state index in [1.165, 1.54) is 0 Å². The first kappa shape index (κ1) is 32.8. The van der Waals surface area contributed by atoms with Gasteiger partial charge in [-0.15, -0.1) is 0 Å². The number of hydrogen-bond donors (Lipinski definition) is 2. The molecule has 0 radical (unpaired) electrons. The number of aryl methyl sites for hydroxylation is 1. The smallest absolute Gasteiger partial charge is 0.408 e. The van der Waals surface area contributed by atoms with Crippen LogP contribution in [0.5, 0.6) is 0 Å². The summed E-state index contributed by atoms with van der Waals surface area (Å²) in [4.78, 5) is 42.3. The van der Waals surface area contributed by atoms with Gasteiger partial charge in [-0.3, -0.25) is 9.59 Å². The van der Waals surface area contributed by atoms with Crippen LogP contribution in [0.25, 0.3) is 0 Å². The van der Waals surface area contributed by atoms with Crippen LogP contribution in [0.2, 0.25) is 0 Å². The van der Waals surface area contributed by atoms with Crippen molar-refractivity contribution in [3.05, 3.63) is 35.4 Å². The van der Waals surface area contributed by atoms with Gasteiger partial charge in [-0.25, -0.2) is 4.79 Å². The van der Waals surface area contributed by atoms with Crippen LogP contribution >= 0.6 is 11.8 Å². The van der Waals surface area contributed by atoms with Gasteiger partial charge in [0.15, 0.2) is 0 Å². The molecule has 0 aliphatic rings. The summed E-state index contributed by atoms with van der Waals surface area (Å²) in [6.07, 6.45) is 4.38. The molecular weight excluding hydrogens is 486 g/mol. The number of rotatable bonds is 12. The van der Waals surface area contributed by atoms with Crippen LogP contribution in [0.3, 0.4) is 0 Å². The average molecular weight is 536 g/mol. The molecule has 0 saturated heterocycles. The number of hydrogen-bond acceptors (Lipinski definition) is 5. The lowest BCUT2D eigenvalue weighted by Gasteiger charge is -2.43. The van der Waals surface area contributed by atoms with E-state index in [1.807, 2.05) is 58.2 Å². The van der Waals surface area contributed by atoms with Crippen molar-refractivity contribution in [2.75, 3.05) is 12.0 Å². The van der Waals surface area contributed by atoms with Crippen LogP contribution in [0.4, 0.5) is 4.79 Å². The summed E-state index contributed by atoms with van der Waals surface area (Å²) in [5, 5.41) is 5.91. The minimum Gasteiger partial charge on any atom is -0.444 e. The Balaban J connectivity index is 3.54. The summed E-state index contributed by atoms with van der Waals surface area (Å²) in [5.74, 6) is 0.129. The molecule has 1 aromatic carbocycles. The molecule has 0 fully saturated rings. The molecule has 210 valence electrons. The molecular formula is C29H49N3O4S. The van der Waals surface area contributed by atoms with Gasteiger partial charge in [0, 0.05) is 11.6 Å². The second kappa shape index (κ2) is 14.6. The third-order valence-corrected chi connectivity index (χ3v) is 6.52. The molecule has 0 bridgehead atoms. The van der Waals surface area contributed by atoms with Gasteiger partial charge in [-0.2, -0.15) is 11.8 Å². The maximum Gasteiger partial charge on any atom is 0.408 e. The highest BCUT2D eigenvalue weighted by molar-refractivity contribution is 7.98. The number of amides is 3. The van der Waals surface area contributed by atoms with Crippen molar-refractivity contribution < 1.29 is 19.1 Å². The molecule has 7 nitrogen and oxygen atoms in total. The first-order valence-corrected chi connectivity index (χ1v) is 14.7. The number of nitrogens with one attached hydrogen (secondary N) is 2. The summed E-state index contributed by atoms with van der Waals surface area (Å²) in [5.41, 5.74) is 0.492. The van der Waals surface area contributed by atoms with Gasteiger partial charge in [-0.1, -0.05) is 44.5 Å². The maximum atomic E-state index is 14.2. The van der Waals surface area contributed by atoms with Crippen molar-refractivity contribution in [1.29, 1.82) is 0 Å². The van der Waals surface area contributed by atoms with Crippen molar-refractivity contribution >= 4 is 29.7 Å². The highest BCUT2D eigenvalue weighted by Gasteiger charge is 2.42. The van der Waals surface area contributed by atoms with E-state index in [9.17, 15) is 14.4 Å². The fourth-order valence-electron chi connectivity index (χ4n) is 4.14. The van der Waals surface area contributed by atoms with Crippen LogP contribution in [-0.2, 0) is 20.7 Å². The molecule has 0 aliphatic heterocycles. The zero-order chi connectivity index (χ0) is 28.4. The Bertz CT molecular complexity index is 875. The van der Waals surface area contributed by atoms with Crippen molar-refractivity contribution in [3.63, 3.8) is 0 Å². The van der Waals surface area contributed by atoms with E-state index in [1.54, 1.807) is 37.4 Å². The van der Waals surface area contributed by atoms with Crippen molar-refractivity contribution in [2.45, 2.75) is 117 Å². The predicted molar refractivity (Wildman–Crippen MR) is 154 cm³/mol. The van der Waals surface area contributed by atoms with Gasteiger partial charge < -0.3 is 20.3 Å². The van der Waals surface area contributed by atoms with Crippen LogP contribution in [0, 0.1) is 0 Å². The Morgan fingerprint density at radius 2 is 1.57 bits per heavy atom. The van der Waals surface area contributed by atoms with Crippen molar-refractivity contribution in [2.24, 2.45) is 0 Å². The average Bonchev–Trinajstić information content (AvgIpc) is 2.77. The molecule has 37 heavy (non-hydrogen) atoms. The number of benzene rings is 1. The summed E-state index contributed by atoms with van der Waals surface area (Å²) >= 11 is 1.59. The molecule has 3 unspecified atom stereocenters. The van der Waals surface area contributed by atoms with Gasteiger partial charge in [0.1, 0.15) is 17.7 Å². The van der Waals surface area contributed by atoms with Crippen molar-refractivity contribution in [3.8, 4) is 0 Å². The van der Waals surface area contributed by atoms with Gasteiger partial charge in [0.25, 0.3) is 0 Å². The van der Waals surface area contributed by atoms with E-state index < -0.39 is 29.3 Å². The number of carbonyl (C=O) groups excluding carboxylic acids is 3. The molecule has 3 amide bonds. The van der Waals surface area contributed by atoms with Crippen LogP contribution in [0.1, 0.15) is 98.7 Å². The van der Waals surface area contributed by atoms with Gasteiger partial charge in [0.05, 0.1) is 0 Å². The Morgan fingerprint density at radius 1 is 0.973 bits per heavy atom. The Morgan fingerprint density at radius 3 is 2.03 bits per heavy atom. The lowest BCUT2D eigenvalue weighted by Crippen LogP contribution is -2.59. The second-order valence-corrected chi connectivity index (χ2v) is 12.5. The van der Waals surface area contributed by atoms with E-state index in [0.717, 1.165) is 30.4 Å². The number of thioether (sulfide) groups is 1. The quantitative estimate of drug-likeness (QED) is 0.350. The van der Waals surface area contributed by atoms with E-state index in [-0.39, 0.29) is 17.9 Å². The van der Waals surface area contributed by atoms with E-state index in [2.05, 4.69) is 24.5 Å². The van der Waals surface area contributed by atoms with E-state index in [4.69, 9.17) is 4.74 Å². The minimum absolute atomic E-state index is 0.0287. The molecule has 0 heterocycles. The minimum atomic E-state index is -0.852. The SMILES string of the molecule is CCCC(C)NC(=O)C(c1ccc(CC)cc1)N(C(=O)C(CCSC)NC(=O)OC(C)(C)C)C(C)(C)C. The lowest BCUT2D eigenvalue weighted by molar-refractivity contribution is -0.148. The normalized spacial score (nSPS) is 14.3. The molecule has 1 aromatic rings. The monoisotopic (exact) mass is 535 g/mol. The number of carbonyl (C=O) groups is 3. The summed E-state index contributed by atoms with van der Waals surface area (Å²) in [6, 6.07) is 6.14. The molecule has 8 heteroatoms. The zero-order valence-corrected chi connectivity index (χ0v) is 25.4. The highest BCUT2D eigenvalue weighted by Crippen LogP contribution is 2.31. The maximum absolute atomic E-state index is 14.2. The van der Waals surface area contributed by atoms with E-state index in [0.29, 0.717) is 12.2 Å². The molecule has 0 saturated carbocycles. The number of nitrogens with zero attached hydrogens (tertiary/aromatic N) is 1. The number of ether oxygens (including phenoxy) is 1. The van der Waals surface area contributed by atoms with Crippen LogP contribution < -0.4 is 10.6 Å². The summed E-state index contributed by atoms with van der Waals surface area (Å²) < 4.78 is 5.45. The third kappa shape index (κ3) is 11.0. The third-order valence-electron chi connectivity index (χ3n) is 5.88. The molecule has 0 aromatic heterocycles. The van der Waals surface area contributed by atoms with Crippen LogP contribution in [0.15, 0.2) is 24.3 Å². The lowest BCUT2D eigenvalue weighted by atomic mass is 9.94. The first-order valence-electron chi connectivity index (χ1n) is 13.3. The molecule has 0 aliphatic carbocycles. The Hall–Kier alpha value is -2.22.